The van der Waals surface area contributed by atoms with E-state index in [0.717, 1.165) is 12.1 Å². The summed E-state index contributed by atoms with van der Waals surface area (Å²) in [7, 11) is -5.95. The Morgan fingerprint density at radius 3 is 2.42 bits per heavy atom. The molecule has 0 radical (unpaired) electrons. The van der Waals surface area contributed by atoms with E-state index in [2.05, 4.69) is 4.18 Å². The number of carbonyl (C=O) groups is 4. The van der Waals surface area contributed by atoms with Crippen LogP contribution in [0.15, 0.2) is 42.5 Å². The summed E-state index contributed by atoms with van der Waals surface area (Å²) >= 11 is 0. The summed E-state index contributed by atoms with van der Waals surface area (Å²) in [5, 5.41) is 0. The van der Waals surface area contributed by atoms with E-state index in [1.807, 2.05) is 0 Å². The average molecular weight is 754 g/mol. The molecule has 0 bridgehead atoms. The molecule has 3 aliphatic rings. The predicted octanol–water partition coefficient (Wildman–Crippen LogP) is 5.52. The van der Waals surface area contributed by atoms with Gasteiger partial charge in [-0.1, -0.05) is 12.1 Å². The monoisotopic (exact) mass is 753 g/mol. The molecule has 2 heterocycles. The summed E-state index contributed by atoms with van der Waals surface area (Å²) in [5.41, 5.74) is -5.24. The van der Waals surface area contributed by atoms with Crippen molar-refractivity contribution in [3.63, 3.8) is 0 Å². The van der Waals surface area contributed by atoms with Crippen molar-refractivity contribution in [1.29, 1.82) is 0 Å². The molecule has 1 saturated heterocycles. The lowest BCUT2D eigenvalue weighted by molar-refractivity contribution is -0.143. The van der Waals surface area contributed by atoms with Gasteiger partial charge in [0.15, 0.2) is 6.61 Å². The van der Waals surface area contributed by atoms with Crippen LogP contribution in [0.4, 0.5) is 29.3 Å². The zero-order valence-electron chi connectivity index (χ0n) is 29.3. The van der Waals surface area contributed by atoms with Crippen molar-refractivity contribution in [1.82, 2.24) is 4.90 Å². The van der Waals surface area contributed by atoms with Crippen LogP contribution in [0.1, 0.15) is 71.3 Å². The number of carbonyl (C=O) groups excluding carboxylic acids is 4. The number of esters is 1. The van der Waals surface area contributed by atoms with Gasteiger partial charge in [0.1, 0.15) is 17.1 Å². The molecule has 0 aromatic heterocycles. The predicted molar refractivity (Wildman–Crippen MR) is 181 cm³/mol. The first-order valence-electron chi connectivity index (χ1n) is 17.0. The minimum atomic E-state index is -5.95. The van der Waals surface area contributed by atoms with Gasteiger partial charge in [0.25, 0.3) is 5.91 Å². The van der Waals surface area contributed by atoms with Gasteiger partial charge in [0.05, 0.1) is 18.2 Å². The maximum absolute atomic E-state index is 14.8. The van der Waals surface area contributed by atoms with Crippen LogP contribution in [0.25, 0.3) is 0 Å². The van der Waals surface area contributed by atoms with Gasteiger partial charge >= 0.3 is 27.7 Å². The van der Waals surface area contributed by atoms with Gasteiger partial charge in [-0.2, -0.15) is 21.6 Å². The van der Waals surface area contributed by atoms with Crippen LogP contribution in [-0.4, -0.2) is 87.2 Å². The van der Waals surface area contributed by atoms with Gasteiger partial charge in [0, 0.05) is 37.8 Å². The number of benzene rings is 2. The van der Waals surface area contributed by atoms with Gasteiger partial charge < -0.3 is 33.1 Å². The molecular weight excluding hydrogens is 711 g/mol. The summed E-state index contributed by atoms with van der Waals surface area (Å²) < 4.78 is 83.6. The molecule has 2 aliphatic heterocycles. The van der Waals surface area contributed by atoms with Crippen LogP contribution in [0.3, 0.4) is 0 Å². The van der Waals surface area contributed by atoms with E-state index < -0.39 is 44.9 Å². The number of hydrogen-bond donors (Lipinski definition) is 0. The molecule has 17 heteroatoms. The number of hydrogen-bond acceptors (Lipinski definition) is 10. The highest BCUT2D eigenvalue weighted by Crippen LogP contribution is 2.43. The van der Waals surface area contributed by atoms with Crippen molar-refractivity contribution in [2.45, 2.75) is 82.9 Å². The number of halogens is 3. The van der Waals surface area contributed by atoms with Crippen LogP contribution in [0.2, 0.25) is 0 Å². The summed E-state index contributed by atoms with van der Waals surface area (Å²) in [4.78, 5) is 57.5. The Balaban J connectivity index is 1.48. The Morgan fingerprint density at radius 1 is 1.04 bits per heavy atom. The number of alkyl halides is 3. The highest BCUT2D eigenvalue weighted by atomic mass is 32.2. The second kappa shape index (κ2) is 15.2. The minimum absolute atomic E-state index is 0.0971. The lowest BCUT2D eigenvalue weighted by atomic mass is 9.79. The number of piperidine rings is 1. The summed E-state index contributed by atoms with van der Waals surface area (Å²) in [6, 6.07) is 9.96. The lowest BCUT2D eigenvalue weighted by Gasteiger charge is -2.41. The molecule has 2 fully saturated rings. The third-order valence-electron chi connectivity index (χ3n) is 8.74. The second-order valence-corrected chi connectivity index (χ2v) is 15.4. The van der Waals surface area contributed by atoms with Crippen molar-refractivity contribution < 1.29 is 59.2 Å². The SMILES string of the molecule is CCOC(=O)CCCN1C(=O)COc2ccc(N(C(=O)[C@H]3CN(C(=O)OC(C)(C)C)CC[C@@H]3c3cccc(OS(=O)(=O)C(F)(F)F)c3)C3CC3)cc21. The largest absolute Gasteiger partial charge is 0.534 e. The molecule has 13 nitrogen and oxygen atoms in total. The number of nitrogens with zero attached hydrogens (tertiary/aromatic N) is 3. The fourth-order valence-corrected chi connectivity index (χ4v) is 6.75. The molecule has 3 amide bonds. The summed E-state index contributed by atoms with van der Waals surface area (Å²) in [6.07, 6.45) is 1.34. The van der Waals surface area contributed by atoms with Crippen LogP contribution in [-0.2, 0) is 34.0 Å². The molecular formula is C35H42F3N3O10S. The van der Waals surface area contributed by atoms with Crippen LogP contribution >= 0.6 is 0 Å². The van der Waals surface area contributed by atoms with Gasteiger partial charge in [-0.3, -0.25) is 14.4 Å². The van der Waals surface area contributed by atoms with Gasteiger partial charge in [-0.05, 0) is 95.2 Å². The molecule has 1 aliphatic carbocycles. The van der Waals surface area contributed by atoms with Crippen molar-refractivity contribution in [3.8, 4) is 11.5 Å². The maximum atomic E-state index is 14.8. The lowest BCUT2D eigenvalue weighted by Crippen LogP contribution is -2.51. The minimum Gasteiger partial charge on any atom is -0.482 e. The molecule has 284 valence electrons. The summed E-state index contributed by atoms with van der Waals surface area (Å²) in [5.74, 6) is -2.85. The Kier molecular flexibility index (Phi) is 11.3. The number of amides is 3. The van der Waals surface area contributed by atoms with E-state index in [9.17, 15) is 40.8 Å². The molecule has 5 rings (SSSR count). The average Bonchev–Trinajstić information content (AvgIpc) is 3.89. The molecule has 2 aromatic carbocycles. The molecule has 0 unspecified atom stereocenters. The fourth-order valence-electron chi connectivity index (χ4n) is 6.29. The van der Waals surface area contributed by atoms with E-state index in [0.29, 0.717) is 42.0 Å². The van der Waals surface area contributed by atoms with Crippen LogP contribution < -0.4 is 18.7 Å². The normalized spacial score (nSPS) is 19.3. The highest BCUT2D eigenvalue weighted by molar-refractivity contribution is 7.88. The fraction of sp³-hybridized carbons (Fsp3) is 0.543. The third-order valence-corrected chi connectivity index (χ3v) is 9.72. The van der Waals surface area contributed by atoms with Crippen molar-refractivity contribution in [3.05, 3.63) is 48.0 Å². The van der Waals surface area contributed by atoms with E-state index in [-0.39, 0.29) is 69.5 Å². The van der Waals surface area contributed by atoms with Crippen molar-refractivity contribution in [2.75, 3.05) is 42.6 Å². The van der Waals surface area contributed by atoms with E-state index in [1.54, 1.807) is 56.9 Å². The van der Waals surface area contributed by atoms with Gasteiger partial charge in [0.2, 0.25) is 5.91 Å². The topological polar surface area (TPSA) is 149 Å². The molecule has 2 atom stereocenters. The Hall–Kier alpha value is -4.54. The first-order valence-corrected chi connectivity index (χ1v) is 18.4. The smallest absolute Gasteiger partial charge is 0.482 e. The highest BCUT2D eigenvalue weighted by Gasteiger charge is 2.49. The zero-order chi connectivity index (χ0) is 38.0. The van der Waals surface area contributed by atoms with Crippen LogP contribution in [0, 0.1) is 5.92 Å². The first kappa shape index (κ1) is 38.7. The Labute approximate surface area is 300 Å². The Morgan fingerprint density at radius 2 is 1.77 bits per heavy atom. The number of rotatable bonds is 11. The van der Waals surface area contributed by atoms with Gasteiger partial charge in [-0.25, -0.2) is 4.79 Å². The zero-order valence-corrected chi connectivity index (χ0v) is 30.1. The van der Waals surface area contributed by atoms with Gasteiger partial charge in [-0.15, -0.1) is 0 Å². The first-order chi connectivity index (χ1) is 24.4. The second-order valence-electron chi connectivity index (χ2n) is 13.8. The number of likely N-dealkylation sites (tertiary alicyclic amines) is 1. The maximum Gasteiger partial charge on any atom is 0.534 e. The van der Waals surface area contributed by atoms with Crippen molar-refractivity contribution in [2.24, 2.45) is 5.92 Å². The van der Waals surface area contributed by atoms with E-state index in [4.69, 9.17) is 14.2 Å². The van der Waals surface area contributed by atoms with E-state index >= 15 is 0 Å². The van der Waals surface area contributed by atoms with Crippen molar-refractivity contribution >= 4 is 45.4 Å². The molecule has 2 aromatic rings. The summed E-state index contributed by atoms with van der Waals surface area (Å²) in [6.45, 7) is 7.12. The number of ether oxygens (including phenoxy) is 3. The number of anilines is 2. The molecule has 0 N–H and O–H groups in total. The third kappa shape index (κ3) is 9.08. The Bertz CT molecular complexity index is 1790. The van der Waals surface area contributed by atoms with E-state index in [1.165, 1.54) is 15.9 Å². The molecule has 52 heavy (non-hydrogen) atoms. The number of fused-ring (bicyclic) bond motifs is 1. The quantitative estimate of drug-likeness (QED) is 0.163. The molecule has 1 saturated carbocycles. The standard InChI is InChI=1S/C35H42F3N3O10S/c1-5-48-31(43)10-7-16-40-28-19-24(13-14-29(28)49-21-30(40)42)41(23-11-12-23)32(44)27-20-39(33(45)50-34(2,3)4)17-15-26(27)22-8-6-9-25(18-22)51-52(46,47)35(36,37)38/h6,8-9,13-14,18-19,23,26-27H,5,7,10-12,15-17,20-21H2,1-4H3/t26-,27+/m1/s1. The molecule has 0 spiro atoms. The van der Waals surface area contributed by atoms with Crippen LogP contribution in [0.5, 0.6) is 11.5 Å².